The lowest BCUT2D eigenvalue weighted by molar-refractivity contribution is 1.18. The maximum atomic E-state index is 5.21. The van der Waals surface area contributed by atoms with Crippen molar-refractivity contribution in [3.63, 3.8) is 0 Å². The van der Waals surface area contributed by atoms with Crippen LogP contribution in [-0.2, 0) is 0 Å². The van der Waals surface area contributed by atoms with Crippen molar-refractivity contribution in [2.75, 3.05) is 0 Å². The fraction of sp³-hybridized carbons (Fsp3) is 0. The SMILES string of the molecule is c1ccc(-c2cc(-c3cccc(-c4ccc5sc6cc(-c7cccc(-c8cc(-c9ccc(-c%10cccc%11c%10sc%10ccccc%10%11)cc9)nc(-c9ccccc9)n8)c7)ccc6c5c4)c3)nc(-c3ccccc3)n2)cc1. The van der Waals surface area contributed by atoms with Gasteiger partial charge in [0.15, 0.2) is 11.6 Å². The highest BCUT2D eigenvalue weighted by Crippen LogP contribution is 2.42. The summed E-state index contributed by atoms with van der Waals surface area (Å²) in [5.74, 6) is 1.41. The molecule has 4 aromatic heterocycles. The zero-order chi connectivity index (χ0) is 49.0. The van der Waals surface area contributed by atoms with Gasteiger partial charge in [-0.15, -0.1) is 22.7 Å². The van der Waals surface area contributed by atoms with Crippen LogP contribution in [0.3, 0.4) is 0 Å². The molecular formula is C68H42N4S2. The topological polar surface area (TPSA) is 51.6 Å². The second kappa shape index (κ2) is 18.4. The van der Waals surface area contributed by atoms with E-state index in [1.807, 2.05) is 65.1 Å². The van der Waals surface area contributed by atoms with Crippen LogP contribution in [0.25, 0.3) is 142 Å². The molecule has 14 aromatic rings. The van der Waals surface area contributed by atoms with Gasteiger partial charge in [0.25, 0.3) is 0 Å². The highest BCUT2D eigenvalue weighted by atomic mass is 32.1. The van der Waals surface area contributed by atoms with Gasteiger partial charge < -0.3 is 0 Å². The van der Waals surface area contributed by atoms with Gasteiger partial charge in [-0.2, -0.15) is 0 Å². The average Bonchev–Trinajstić information content (AvgIpc) is 4.06. The van der Waals surface area contributed by atoms with Gasteiger partial charge in [0.1, 0.15) is 0 Å². The Morgan fingerprint density at radius 3 is 1.27 bits per heavy atom. The number of hydrogen-bond donors (Lipinski definition) is 0. The summed E-state index contributed by atoms with van der Waals surface area (Å²) in [6.07, 6.45) is 0. The van der Waals surface area contributed by atoms with Gasteiger partial charge >= 0.3 is 0 Å². The van der Waals surface area contributed by atoms with Crippen molar-refractivity contribution < 1.29 is 0 Å². The Morgan fingerprint density at radius 1 is 0.216 bits per heavy atom. The van der Waals surface area contributed by atoms with Crippen molar-refractivity contribution in [3.8, 4) is 101 Å². The van der Waals surface area contributed by atoms with Crippen molar-refractivity contribution in [1.29, 1.82) is 0 Å². The Kier molecular flexibility index (Phi) is 10.9. The van der Waals surface area contributed by atoms with Gasteiger partial charge in [-0.05, 0) is 81.9 Å². The molecule has 4 heterocycles. The van der Waals surface area contributed by atoms with Crippen molar-refractivity contribution in [2.24, 2.45) is 0 Å². The molecule has 0 amide bonds. The summed E-state index contributed by atoms with van der Waals surface area (Å²) in [4.78, 5) is 20.5. The molecule has 74 heavy (non-hydrogen) atoms. The molecule has 0 aliphatic carbocycles. The third-order valence-electron chi connectivity index (χ3n) is 13.9. The van der Waals surface area contributed by atoms with Crippen molar-refractivity contribution in [2.45, 2.75) is 0 Å². The quantitative estimate of drug-likeness (QED) is 0.145. The predicted molar refractivity (Wildman–Crippen MR) is 312 cm³/mol. The van der Waals surface area contributed by atoms with Gasteiger partial charge in [0.2, 0.25) is 0 Å². The Hall–Kier alpha value is -9.20. The predicted octanol–water partition coefficient (Wildman–Crippen LogP) is 19.0. The zero-order valence-electron chi connectivity index (χ0n) is 39.9. The summed E-state index contributed by atoms with van der Waals surface area (Å²) in [7, 11) is 0. The van der Waals surface area contributed by atoms with Crippen LogP contribution in [0.4, 0.5) is 0 Å². The minimum Gasteiger partial charge on any atom is -0.228 e. The molecule has 10 aromatic carbocycles. The van der Waals surface area contributed by atoms with Crippen LogP contribution >= 0.6 is 22.7 Å². The van der Waals surface area contributed by atoms with E-state index in [9.17, 15) is 0 Å². The third kappa shape index (κ3) is 8.13. The molecule has 0 unspecified atom stereocenters. The van der Waals surface area contributed by atoms with Crippen LogP contribution in [0.5, 0.6) is 0 Å². The summed E-state index contributed by atoms with van der Waals surface area (Å²) in [5, 5.41) is 5.11. The molecule has 0 saturated carbocycles. The van der Waals surface area contributed by atoms with E-state index in [1.165, 1.54) is 51.5 Å². The number of nitrogens with zero attached hydrogens (tertiary/aromatic N) is 4. The molecule has 0 saturated heterocycles. The van der Waals surface area contributed by atoms with Crippen LogP contribution in [0, 0.1) is 0 Å². The van der Waals surface area contributed by atoms with E-state index in [2.05, 4.69) is 212 Å². The molecule has 6 heteroatoms. The van der Waals surface area contributed by atoms with Crippen molar-refractivity contribution in [1.82, 2.24) is 19.9 Å². The van der Waals surface area contributed by atoms with Crippen LogP contribution < -0.4 is 0 Å². The summed E-state index contributed by atoms with van der Waals surface area (Å²) in [5.41, 5.74) is 16.7. The second-order valence-electron chi connectivity index (χ2n) is 18.6. The summed E-state index contributed by atoms with van der Waals surface area (Å²) in [6, 6.07) is 90.4. The first-order chi connectivity index (χ1) is 36.6. The molecule has 0 fully saturated rings. The van der Waals surface area contributed by atoms with E-state index >= 15 is 0 Å². The fourth-order valence-electron chi connectivity index (χ4n) is 10.2. The molecule has 0 spiro atoms. The zero-order valence-corrected chi connectivity index (χ0v) is 41.5. The maximum Gasteiger partial charge on any atom is 0.160 e. The number of hydrogen-bond acceptors (Lipinski definition) is 6. The van der Waals surface area contributed by atoms with Crippen LogP contribution in [0.1, 0.15) is 0 Å². The number of fused-ring (bicyclic) bond motifs is 6. The lowest BCUT2D eigenvalue weighted by Gasteiger charge is -2.11. The number of rotatable bonds is 9. The van der Waals surface area contributed by atoms with Crippen molar-refractivity contribution >= 4 is 63.0 Å². The van der Waals surface area contributed by atoms with Crippen molar-refractivity contribution in [3.05, 3.63) is 255 Å². The van der Waals surface area contributed by atoms with E-state index < -0.39 is 0 Å². The Balaban J connectivity index is 0.783. The monoisotopic (exact) mass is 978 g/mol. The molecule has 0 atom stereocenters. The van der Waals surface area contributed by atoms with Crippen LogP contribution in [0.2, 0.25) is 0 Å². The molecule has 0 aliphatic rings. The lowest BCUT2D eigenvalue weighted by atomic mass is 9.97. The van der Waals surface area contributed by atoms with Gasteiger partial charge in [0.05, 0.1) is 22.8 Å². The minimum atomic E-state index is 0.698. The van der Waals surface area contributed by atoms with Gasteiger partial charge in [-0.1, -0.05) is 206 Å². The number of benzene rings is 10. The largest absolute Gasteiger partial charge is 0.228 e. The molecule has 0 radical (unpaired) electrons. The lowest BCUT2D eigenvalue weighted by Crippen LogP contribution is -1.96. The first kappa shape index (κ1) is 43.6. The van der Waals surface area contributed by atoms with Gasteiger partial charge in [-0.25, -0.2) is 19.9 Å². The fourth-order valence-corrected chi connectivity index (χ4v) is 12.5. The molecule has 346 valence electrons. The van der Waals surface area contributed by atoms with Crippen LogP contribution in [-0.4, -0.2) is 19.9 Å². The summed E-state index contributed by atoms with van der Waals surface area (Å²) in [6.45, 7) is 0. The third-order valence-corrected chi connectivity index (χ3v) is 16.3. The Bertz CT molecular complexity index is 4350. The molecule has 14 rings (SSSR count). The van der Waals surface area contributed by atoms with Crippen LogP contribution in [0.15, 0.2) is 255 Å². The summed E-state index contributed by atoms with van der Waals surface area (Å²) >= 11 is 3.70. The summed E-state index contributed by atoms with van der Waals surface area (Å²) < 4.78 is 5.13. The highest BCUT2D eigenvalue weighted by Gasteiger charge is 2.17. The smallest absolute Gasteiger partial charge is 0.160 e. The Labute approximate surface area is 436 Å². The maximum absolute atomic E-state index is 5.21. The van der Waals surface area contributed by atoms with E-state index in [0.717, 1.165) is 78.4 Å². The molecular weight excluding hydrogens is 937 g/mol. The number of thiophene rings is 2. The first-order valence-corrected chi connectivity index (χ1v) is 26.4. The minimum absolute atomic E-state index is 0.698. The van der Waals surface area contributed by atoms with E-state index in [0.29, 0.717) is 11.6 Å². The molecule has 0 N–H and O–H groups in total. The second-order valence-corrected chi connectivity index (χ2v) is 20.7. The standard InChI is InChI=1S/C68H42N4S2/c1-4-15-44(16-5-1)59-41-61(71-67(69-59)46-17-6-2-7-18-46)52-23-12-21-48(37-52)50-34-36-64-58(39-50)56-35-33-51(40-65(56)73-64)49-22-13-24-53(38-49)62-42-60(70-68(72-62)47-19-8-3-9-20-47)45-31-29-43(30-32-45)54-26-14-27-57-55-25-10-11-28-63(55)74-66(54)57/h1-42H. The van der Waals surface area contributed by atoms with Gasteiger partial charge in [0, 0.05) is 73.7 Å². The van der Waals surface area contributed by atoms with E-state index in [-0.39, 0.29) is 0 Å². The van der Waals surface area contributed by atoms with E-state index in [4.69, 9.17) is 19.9 Å². The number of aromatic nitrogens is 4. The molecule has 0 aliphatic heterocycles. The molecule has 4 nitrogen and oxygen atoms in total. The van der Waals surface area contributed by atoms with Gasteiger partial charge in [-0.3, -0.25) is 0 Å². The Morgan fingerprint density at radius 2 is 0.635 bits per heavy atom. The average molecular weight is 979 g/mol. The first-order valence-electron chi connectivity index (χ1n) is 24.8. The van der Waals surface area contributed by atoms with E-state index in [1.54, 1.807) is 0 Å². The highest BCUT2D eigenvalue weighted by molar-refractivity contribution is 7.26. The normalized spacial score (nSPS) is 11.5. The molecule has 0 bridgehead atoms.